The fourth-order valence-corrected chi connectivity index (χ4v) is 4.36. The number of carbonyl (C=O) groups is 1. The van der Waals surface area contributed by atoms with Crippen LogP contribution in [-0.4, -0.2) is 15.8 Å². The number of aromatic nitrogens is 1. The van der Waals surface area contributed by atoms with Crippen LogP contribution in [0.25, 0.3) is 0 Å². The van der Waals surface area contributed by atoms with Crippen molar-refractivity contribution in [3.8, 4) is 0 Å². The minimum absolute atomic E-state index is 0.0273. The molecule has 36 heavy (non-hydrogen) atoms. The molecule has 0 bridgehead atoms. The van der Waals surface area contributed by atoms with Crippen molar-refractivity contribution in [3.05, 3.63) is 117 Å². The third-order valence-electron chi connectivity index (χ3n) is 5.25. The van der Waals surface area contributed by atoms with Crippen molar-refractivity contribution in [1.82, 2.24) is 9.88 Å². The van der Waals surface area contributed by atoms with Crippen molar-refractivity contribution in [3.63, 3.8) is 0 Å². The van der Waals surface area contributed by atoms with Crippen LogP contribution < -0.4 is 5.32 Å². The summed E-state index contributed by atoms with van der Waals surface area (Å²) in [6.45, 7) is 0.704. The highest BCUT2D eigenvalue weighted by Gasteiger charge is 2.30. The van der Waals surface area contributed by atoms with Gasteiger partial charge in [-0.15, -0.1) is 11.3 Å². The molecule has 0 aliphatic heterocycles. The van der Waals surface area contributed by atoms with Gasteiger partial charge in [-0.25, -0.2) is 13.8 Å². The second-order valence-corrected chi connectivity index (χ2v) is 8.97. The van der Waals surface area contributed by atoms with Crippen LogP contribution in [0.4, 0.5) is 27.6 Å². The fourth-order valence-electron chi connectivity index (χ4n) is 3.55. The molecule has 4 rings (SSSR count). The maximum Gasteiger partial charge on any atom is 0.416 e. The van der Waals surface area contributed by atoms with E-state index in [4.69, 9.17) is 0 Å². The van der Waals surface area contributed by atoms with Crippen LogP contribution in [0.1, 0.15) is 32.2 Å². The maximum absolute atomic E-state index is 13.9. The highest BCUT2D eigenvalue weighted by molar-refractivity contribution is 7.09. The van der Waals surface area contributed by atoms with Gasteiger partial charge in [0.15, 0.2) is 0 Å². The summed E-state index contributed by atoms with van der Waals surface area (Å²) in [7, 11) is 0. The molecule has 0 atom stereocenters. The Morgan fingerprint density at radius 2 is 1.61 bits per heavy atom. The number of hydrogen-bond donors (Lipinski definition) is 1. The molecular weight excluding hydrogens is 497 g/mol. The van der Waals surface area contributed by atoms with Gasteiger partial charge in [0.1, 0.15) is 22.3 Å². The Balaban J connectivity index is 1.52. The SMILES string of the molecule is O=C(Nc1ccccc1F)c1csc(CN(Cc2ccc(F)cc2)Cc2cccc(C(F)(F)F)c2)n1. The van der Waals surface area contributed by atoms with E-state index in [1.165, 1.54) is 53.1 Å². The molecule has 10 heteroatoms. The van der Waals surface area contributed by atoms with Gasteiger partial charge in [0.25, 0.3) is 5.91 Å². The number of thiazole rings is 1. The van der Waals surface area contributed by atoms with Crippen LogP contribution in [0.3, 0.4) is 0 Å². The number of benzene rings is 3. The van der Waals surface area contributed by atoms with E-state index in [9.17, 15) is 26.7 Å². The summed E-state index contributed by atoms with van der Waals surface area (Å²) in [5.41, 5.74) is 0.583. The summed E-state index contributed by atoms with van der Waals surface area (Å²) in [5.74, 6) is -1.55. The number of alkyl halides is 3. The van der Waals surface area contributed by atoms with E-state index in [1.54, 1.807) is 24.3 Å². The van der Waals surface area contributed by atoms with Crippen molar-refractivity contribution in [2.45, 2.75) is 25.8 Å². The molecule has 186 valence electrons. The number of rotatable bonds is 8. The molecule has 4 nitrogen and oxygen atoms in total. The second kappa shape index (κ2) is 11.0. The van der Waals surface area contributed by atoms with Gasteiger partial charge < -0.3 is 5.32 Å². The van der Waals surface area contributed by atoms with E-state index in [0.29, 0.717) is 17.1 Å². The average molecular weight is 518 g/mol. The largest absolute Gasteiger partial charge is 0.416 e. The molecule has 0 saturated heterocycles. The van der Waals surface area contributed by atoms with Crippen LogP contribution in [0.15, 0.2) is 78.2 Å². The smallest absolute Gasteiger partial charge is 0.318 e. The summed E-state index contributed by atoms with van der Waals surface area (Å²) in [6, 6.07) is 16.6. The minimum Gasteiger partial charge on any atom is -0.318 e. The van der Waals surface area contributed by atoms with E-state index < -0.39 is 29.3 Å². The lowest BCUT2D eigenvalue weighted by Crippen LogP contribution is -2.23. The molecule has 0 fully saturated rings. The van der Waals surface area contributed by atoms with Crippen LogP contribution in [0, 0.1) is 11.6 Å². The molecule has 3 aromatic carbocycles. The van der Waals surface area contributed by atoms with E-state index in [0.717, 1.165) is 17.7 Å². The fraction of sp³-hybridized carbons (Fsp3) is 0.154. The van der Waals surface area contributed by atoms with Gasteiger partial charge >= 0.3 is 6.18 Å². The Hall–Kier alpha value is -3.63. The molecule has 4 aromatic rings. The van der Waals surface area contributed by atoms with Crippen molar-refractivity contribution in [1.29, 1.82) is 0 Å². The Kier molecular flexibility index (Phi) is 7.76. The number of hydrogen-bond acceptors (Lipinski definition) is 4. The Labute approximate surface area is 208 Å². The van der Waals surface area contributed by atoms with E-state index >= 15 is 0 Å². The number of halogens is 5. The van der Waals surface area contributed by atoms with Crippen LogP contribution in [0.2, 0.25) is 0 Å². The van der Waals surface area contributed by atoms with E-state index in [2.05, 4.69) is 10.3 Å². The standard InChI is InChI=1S/C26H20F5N3OS/c27-20-10-8-17(9-11-20)13-34(14-18-4-3-5-19(12-18)26(29,30)31)15-24-32-23(16-36-24)25(35)33-22-7-2-1-6-21(22)28/h1-12,16H,13-15H2,(H,33,35). The Morgan fingerprint density at radius 1 is 0.889 bits per heavy atom. The number of nitrogens with one attached hydrogen (secondary N) is 1. The second-order valence-electron chi connectivity index (χ2n) is 8.03. The van der Waals surface area contributed by atoms with Crippen LogP contribution in [-0.2, 0) is 25.8 Å². The summed E-state index contributed by atoms with van der Waals surface area (Å²) < 4.78 is 66.7. The first-order chi connectivity index (χ1) is 17.2. The predicted octanol–water partition coefficient (Wildman–Crippen LogP) is 6.89. The molecule has 1 N–H and O–H groups in total. The summed E-state index contributed by atoms with van der Waals surface area (Å²) in [6.07, 6.45) is -4.46. The lowest BCUT2D eigenvalue weighted by Gasteiger charge is -2.22. The van der Waals surface area contributed by atoms with Gasteiger partial charge in [-0.05, 0) is 41.5 Å². The normalized spacial score (nSPS) is 11.6. The molecule has 0 aliphatic rings. The highest BCUT2D eigenvalue weighted by atomic mass is 32.1. The van der Waals surface area contributed by atoms with Gasteiger partial charge in [0.2, 0.25) is 0 Å². The number of amides is 1. The minimum atomic E-state index is -4.46. The number of para-hydroxylation sites is 1. The third-order valence-corrected chi connectivity index (χ3v) is 6.08. The van der Waals surface area contributed by atoms with Crippen LogP contribution in [0.5, 0.6) is 0 Å². The first-order valence-electron chi connectivity index (χ1n) is 10.8. The summed E-state index contributed by atoms with van der Waals surface area (Å²) in [5, 5.41) is 4.55. The Bertz CT molecular complexity index is 1340. The molecule has 0 saturated carbocycles. The molecule has 1 heterocycles. The zero-order valence-electron chi connectivity index (χ0n) is 18.7. The van der Waals surface area contributed by atoms with Gasteiger partial charge in [0.05, 0.1) is 17.8 Å². The quantitative estimate of drug-likeness (QED) is 0.259. The van der Waals surface area contributed by atoms with Crippen molar-refractivity contribution >= 4 is 22.9 Å². The van der Waals surface area contributed by atoms with Gasteiger partial charge in [0, 0.05) is 18.5 Å². The molecule has 0 spiro atoms. The van der Waals surface area contributed by atoms with Gasteiger partial charge in [-0.2, -0.15) is 13.2 Å². The van der Waals surface area contributed by atoms with Crippen molar-refractivity contribution < 1.29 is 26.7 Å². The topological polar surface area (TPSA) is 45.2 Å². The highest BCUT2D eigenvalue weighted by Crippen LogP contribution is 2.30. The lowest BCUT2D eigenvalue weighted by molar-refractivity contribution is -0.137. The molecule has 0 aliphatic carbocycles. The summed E-state index contributed by atoms with van der Waals surface area (Å²) >= 11 is 1.20. The average Bonchev–Trinajstić information content (AvgIpc) is 3.30. The maximum atomic E-state index is 13.9. The first kappa shape index (κ1) is 25.5. The number of anilines is 1. The van der Waals surface area contributed by atoms with Crippen LogP contribution >= 0.6 is 11.3 Å². The van der Waals surface area contributed by atoms with E-state index in [-0.39, 0.29) is 24.5 Å². The predicted molar refractivity (Wildman–Crippen MR) is 127 cm³/mol. The Morgan fingerprint density at radius 3 is 2.33 bits per heavy atom. The molecule has 0 radical (unpaired) electrons. The van der Waals surface area contributed by atoms with Crippen molar-refractivity contribution in [2.24, 2.45) is 0 Å². The van der Waals surface area contributed by atoms with Gasteiger partial charge in [-0.1, -0.05) is 42.5 Å². The van der Waals surface area contributed by atoms with Gasteiger partial charge in [-0.3, -0.25) is 9.69 Å². The molecular formula is C26H20F5N3OS. The van der Waals surface area contributed by atoms with E-state index in [1.807, 2.05) is 4.90 Å². The summed E-state index contributed by atoms with van der Waals surface area (Å²) in [4.78, 5) is 18.7. The number of carbonyl (C=O) groups excluding carboxylic acids is 1. The first-order valence-corrected chi connectivity index (χ1v) is 11.7. The monoisotopic (exact) mass is 517 g/mol. The number of nitrogens with zero attached hydrogens (tertiary/aromatic N) is 2. The lowest BCUT2D eigenvalue weighted by atomic mass is 10.1. The third kappa shape index (κ3) is 6.73. The zero-order valence-corrected chi connectivity index (χ0v) is 19.5. The molecule has 0 unspecified atom stereocenters. The molecule has 1 amide bonds. The zero-order chi connectivity index (χ0) is 25.7. The molecule has 1 aromatic heterocycles. The van der Waals surface area contributed by atoms with Crippen molar-refractivity contribution in [2.75, 3.05) is 5.32 Å².